The summed E-state index contributed by atoms with van der Waals surface area (Å²) in [5.41, 5.74) is 2.48. The van der Waals surface area contributed by atoms with Gasteiger partial charge in [0.25, 0.3) is 11.8 Å². The number of imide groups is 1. The second-order valence-electron chi connectivity index (χ2n) is 10.4. The molecule has 0 aliphatic carbocycles. The zero-order valence-electron chi connectivity index (χ0n) is 21.5. The quantitative estimate of drug-likeness (QED) is 0.246. The van der Waals surface area contributed by atoms with Gasteiger partial charge < -0.3 is 4.90 Å². The highest BCUT2D eigenvalue weighted by Gasteiger charge is 2.34. The average Bonchev–Trinajstić information content (AvgIpc) is 3.15. The van der Waals surface area contributed by atoms with Crippen molar-refractivity contribution >= 4 is 17.7 Å². The van der Waals surface area contributed by atoms with Crippen LogP contribution in [-0.4, -0.2) is 47.2 Å². The first-order valence-electron chi connectivity index (χ1n) is 13.9. The molecule has 0 saturated carbocycles. The number of carbonyl (C=O) groups excluding carboxylic acids is 3. The van der Waals surface area contributed by atoms with Crippen molar-refractivity contribution in [2.45, 2.75) is 77.0 Å². The molecule has 1 saturated heterocycles. The van der Waals surface area contributed by atoms with E-state index in [1.165, 1.54) is 29.7 Å². The Morgan fingerprint density at radius 1 is 0.694 bits per heavy atom. The number of rotatable bonds is 13. The summed E-state index contributed by atoms with van der Waals surface area (Å²) in [5.74, 6) is 0.730. The van der Waals surface area contributed by atoms with Crippen LogP contribution >= 0.6 is 0 Å². The molecule has 192 valence electrons. The van der Waals surface area contributed by atoms with Crippen LogP contribution in [-0.2, 0) is 11.2 Å². The summed E-state index contributed by atoms with van der Waals surface area (Å²) in [6.07, 6.45) is 12.7. The summed E-state index contributed by atoms with van der Waals surface area (Å²) in [5, 5.41) is 0. The third-order valence-electron chi connectivity index (χ3n) is 7.73. The molecular weight excluding hydrogens is 448 g/mol. The number of unbranched alkanes of at least 4 members (excludes halogenated alkanes) is 7. The summed E-state index contributed by atoms with van der Waals surface area (Å²) in [6, 6.07) is 17.8. The van der Waals surface area contributed by atoms with Crippen LogP contribution in [0.4, 0.5) is 0 Å². The molecule has 0 spiro atoms. The van der Waals surface area contributed by atoms with Crippen molar-refractivity contribution in [2.75, 3.05) is 19.6 Å². The van der Waals surface area contributed by atoms with Crippen LogP contribution in [0, 0.1) is 5.92 Å². The van der Waals surface area contributed by atoms with E-state index in [0.29, 0.717) is 35.9 Å². The smallest absolute Gasteiger partial charge is 0.261 e. The maximum atomic E-state index is 12.6. The van der Waals surface area contributed by atoms with Gasteiger partial charge in [0.1, 0.15) is 0 Å². The van der Waals surface area contributed by atoms with Crippen molar-refractivity contribution in [1.82, 2.24) is 9.80 Å². The van der Waals surface area contributed by atoms with E-state index in [4.69, 9.17) is 0 Å². The Balaban J connectivity index is 0.983. The van der Waals surface area contributed by atoms with E-state index >= 15 is 0 Å². The van der Waals surface area contributed by atoms with Gasteiger partial charge in [-0.15, -0.1) is 0 Å². The van der Waals surface area contributed by atoms with Crippen LogP contribution in [0.3, 0.4) is 0 Å². The molecule has 0 atom stereocenters. The maximum absolute atomic E-state index is 12.6. The zero-order valence-corrected chi connectivity index (χ0v) is 21.5. The van der Waals surface area contributed by atoms with E-state index in [1.54, 1.807) is 24.3 Å². The number of hydrogen-bond donors (Lipinski definition) is 0. The topological polar surface area (TPSA) is 57.7 Å². The van der Waals surface area contributed by atoms with Crippen LogP contribution < -0.4 is 0 Å². The molecule has 0 aromatic heterocycles. The Hall–Kier alpha value is -2.95. The number of amides is 3. The zero-order chi connectivity index (χ0) is 25.2. The summed E-state index contributed by atoms with van der Waals surface area (Å²) < 4.78 is 0. The molecule has 2 aliphatic rings. The van der Waals surface area contributed by atoms with E-state index in [9.17, 15) is 14.4 Å². The molecule has 5 heteroatoms. The number of likely N-dealkylation sites (tertiary alicyclic amines) is 1. The normalized spacial score (nSPS) is 16.0. The molecular formula is C31H40N2O3. The van der Waals surface area contributed by atoms with Gasteiger partial charge in [-0.1, -0.05) is 81.0 Å². The first-order valence-corrected chi connectivity index (χ1v) is 13.9. The lowest BCUT2D eigenvalue weighted by atomic mass is 9.90. The highest BCUT2D eigenvalue weighted by Crippen LogP contribution is 2.24. The van der Waals surface area contributed by atoms with Gasteiger partial charge in [0, 0.05) is 26.1 Å². The van der Waals surface area contributed by atoms with E-state index in [-0.39, 0.29) is 11.8 Å². The summed E-state index contributed by atoms with van der Waals surface area (Å²) in [6.45, 7) is 2.34. The van der Waals surface area contributed by atoms with Gasteiger partial charge in [-0.25, -0.2) is 0 Å². The molecule has 2 aromatic rings. The molecule has 0 N–H and O–H groups in total. The van der Waals surface area contributed by atoms with E-state index in [2.05, 4.69) is 35.2 Å². The van der Waals surface area contributed by atoms with Crippen LogP contribution in [0.5, 0.6) is 0 Å². The summed E-state index contributed by atoms with van der Waals surface area (Å²) in [4.78, 5) is 40.8. The molecule has 0 radical (unpaired) electrons. The lowest BCUT2D eigenvalue weighted by molar-refractivity contribution is -0.132. The van der Waals surface area contributed by atoms with Gasteiger partial charge in [-0.05, 0) is 55.7 Å². The summed E-state index contributed by atoms with van der Waals surface area (Å²) >= 11 is 0. The average molecular weight is 489 g/mol. The van der Waals surface area contributed by atoms with Gasteiger partial charge >= 0.3 is 0 Å². The Morgan fingerprint density at radius 3 is 1.83 bits per heavy atom. The number of benzene rings is 2. The van der Waals surface area contributed by atoms with Gasteiger partial charge in [-0.3, -0.25) is 19.3 Å². The fourth-order valence-electron chi connectivity index (χ4n) is 5.54. The standard InChI is InChI=1S/C31H40N2O3/c34-29(32-22-19-26(20-23-32)24-25-14-8-7-9-15-25)18-10-5-3-1-2-4-6-13-21-33-30(35)27-16-11-12-17-28(27)31(33)36/h7-9,11-12,14-17,26H,1-6,10,13,18-24H2. The van der Waals surface area contributed by atoms with Gasteiger partial charge in [0.05, 0.1) is 11.1 Å². The number of piperidine rings is 1. The molecule has 1 fully saturated rings. The van der Waals surface area contributed by atoms with E-state index < -0.39 is 0 Å². The fraction of sp³-hybridized carbons (Fsp3) is 0.516. The molecule has 3 amide bonds. The monoisotopic (exact) mass is 488 g/mol. The number of nitrogens with zero attached hydrogens (tertiary/aromatic N) is 2. The van der Waals surface area contributed by atoms with Crippen molar-refractivity contribution in [3.05, 3.63) is 71.3 Å². The highest BCUT2D eigenvalue weighted by molar-refractivity contribution is 6.21. The van der Waals surface area contributed by atoms with Crippen molar-refractivity contribution < 1.29 is 14.4 Å². The second kappa shape index (κ2) is 13.4. The third-order valence-corrected chi connectivity index (χ3v) is 7.73. The van der Waals surface area contributed by atoms with Crippen LogP contribution in [0.1, 0.15) is 96.9 Å². The molecule has 2 aromatic carbocycles. The Labute approximate surface area is 215 Å². The number of carbonyl (C=O) groups is 3. The number of hydrogen-bond acceptors (Lipinski definition) is 3. The minimum absolute atomic E-state index is 0.151. The Morgan fingerprint density at radius 2 is 1.22 bits per heavy atom. The Kier molecular flexibility index (Phi) is 9.71. The molecule has 5 nitrogen and oxygen atoms in total. The maximum Gasteiger partial charge on any atom is 0.261 e. The predicted octanol–water partition coefficient (Wildman–Crippen LogP) is 6.27. The van der Waals surface area contributed by atoms with Crippen LogP contribution in [0.25, 0.3) is 0 Å². The van der Waals surface area contributed by atoms with Crippen molar-refractivity contribution in [1.29, 1.82) is 0 Å². The van der Waals surface area contributed by atoms with E-state index in [1.807, 2.05) is 0 Å². The molecule has 2 heterocycles. The minimum atomic E-state index is -0.151. The highest BCUT2D eigenvalue weighted by atomic mass is 16.2. The Bertz CT molecular complexity index is 976. The molecule has 0 unspecified atom stereocenters. The third kappa shape index (κ3) is 7.05. The van der Waals surface area contributed by atoms with Crippen LogP contribution in [0.2, 0.25) is 0 Å². The molecule has 0 bridgehead atoms. The SMILES string of the molecule is O=C(CCCCCCCCCCN1C(=O)c2ccccc2C1=O)N1CCC(Cc2ccccc2)CC1. The van der Waals surface area contributed by atoms with Crippen molar-refractivity contribution in [3.63, 3.8) is 0 Å². The lowest BCUT2D eigenvalue weighted by Gasteiger charge is -2.32. The minimum Gasteiger partial charge on any atom is -0.343 e. The van der Waals surface area contributed by atoms with Gasteiger partial charge in [0.2, 0.25) is 5.91 Å². The fourth-order valence-corrected chi connectivity index (χ4v) is 5.54. The van der Waals surface area contributed by atoms with Crippen molar-refractivity contribution in [2.24, 2.45) is 5.92 Å². The van der Waals surface area contributed by atoms with Gasteiger partial charge in [0.15, 0.2) is 0 Å². The lowest BCUT2D eigenvalue weighted by Crippen LogP contribution is -2.38. The first kappa shape index (κ1) is 26.1. The summed E-state index contributed by atoms with van der Waals surface area (Å²) in [7, 11) is 0. The second-order valence-corrected chi connectivity index (χ2v) is 10.4. The van der Waals surface area contributed by atoms with Gasteiger partial charge in [-0.2, -0.15) is 0 Å². The first-order chi connectivity index (χ1) is 17.6. The number of fused-ring (bicyclic) bond motifs is 1. The van der Waals surface area contributed by atoms with E-state index in [0.717, 1.165) is 64.5 Å². The van der Waals surface area contributed by atoms with Crippen LogP contribution in [0.15, 0.2) is 54.6 Å². The molecule has 2 aliphatic heterocycles. The van der Waals surface area contributed by atoms with Crippen molar-refractivity contribution in [3.8, 4) is 0 Å². The largest absolute Gasteiger partial charge is 0.343 e. The predicted molar refractivity (Wildman–Crippen MR) is 143 cm³/mol. The molecule has 4 rings (SSSR count). The molecule has 36 heavy (non-hydrogen) atoms.